The minimum absolute atomic E-state index is 0.0973. The van der Waals surface area contributed by atoms with E-state index >= 15 is 0 Å². The number of carbonyl (C=O) groups is 1. The smallest absolute Gasteiger partial charge is 0.243 e. The van der Waals surface area contributed by atoms with Gasteiger partial charge in [-0.15, -0.1) is 11.8 Å². The summed E-state index contributed by atoms with van der Waals surface area (Å²) in [5.41, 5.74) is 1.14. The molecule has 24 heavy (non-hydrogen) atoms. The summed E-state index contributed by atoms with van der Waals surface area (Å²) in [6, 6.07) is 5.51. The van der Waals surface area contributed by atoms with Crippen LogP contribution in [0.2, 0.25) is 0 Å². The van der Waals surface area contributed by atoms with E-state index in [0.717, 1.165) is 24.2 Å². The van der Waals surface area contributed by atoms with E-state index in [1.165, 1.54) is 9.20 Å². The number of carbonyl (C=O) groups excluding carboxylic acids is 1. The fraction of sp³-hybridized carbons (Fsp3) is 0.588. The molecule has 2 heterocycles. The molecule has 0 N–H and O–H groups in total. The molecule has 0 unspecified atom stereocenters. The first kappa shape index (κ1) is 17.8. The SMILES string of the molecule is CCC(=O)N1CCCN(S(=O)(=O)c2ccc3c(c2)CCCS3)CC1. The van der Waals surface area contributed by atoms with Crippen molar-refractivity contribution in [3.8, 4) is 0 Å². The zero-order valence-corrected chi connectivity index (χ0v) is 15.7. The van der Waals surface area contributed by atoms with Crippen LogP contribution in [-0.4, -0.2) is 55.5 Å². The predicted molar refractivity (Wildman–Crippen MR) is 95.7 cm³/mol. The number of fused-ring (bicyclic) bond motifs is 1. The molecule has 1 aromatic carbocycles. The summed E-state index contributed by atoms with van der Waals surface area (Å²) in [4.78, 5) is 15.2. The highest BCUT2D eigenvalue weighted by Gasteiger charge is 2.28. The van der Waals surface area contributed by atoms with Crippen LogP contribution in [0.1, 0.15) is 31.7 Å². The van der Waals surface area contributed by atoms with Gasteiger partial charge in [-0.2, -0.15) is 4.31 Å². The molecule has 5 nitrogen and oxygen atoms in total. The maximum atomic E-state index is 13.0. The molecule has 0 atom stereocenters. The van der Waals surface area contributed by atoms with Crippen LogP contribution in [0.5, 0.6) is 0 Å². The van der Waals surface area contributed by atoms with Gasteiger partial charge in [-0.05, 0) is 48.8 Å². The molecule has 0 aliphatic carbocycles. The van der Waals surface area contributed by atoms with E-state index < -0.39 is 10.0 Å². The van der Waals surface area contributed by atoms with Crippen molar-refractivity contribution < 1.29 is 13.2 Å². The minimum atomic E-state index is -3.49. The molecule has 0 bridgehead atoms. The van der Waals surface area contributed by atoms with Gasteiger partial charge >= 0.3 is 0 Å². The molecular weight excluding hydrogens is 344 g/mol. The number of thioether (sulfide) groups is 1. The van der Waals surface area contributed by atoms with Gasteiger partial charge in [-0.25, -0.2) is 8.42 Å². The lowest BCUT2D eigenvalue weighted by atomic mass is 10.1. The van der Waals surface area contributed by atoms with Gasteiger partial charge in [0.15, 0.2) is 0 Å². The van der Waals surface area contributed by atoms with Gasteiger partial charge in [0.25, 0.3) is 0 Å². The lowest BCUT2D eigenvalue weighted by Crippen LogP contribution is -2.37. The van der Waals surface area contributed by atoms with Gasteiger partial charge < -0.3 is 4.90 Å². The number of nitrogens with zero attached hydrogens (tertiary/aromatic N) is 2. The molecule has 1 saturated heterocycles. The largest absolute Gasteiger partial charge is 0.341 e. The summed E-state index contributed by atoms with van der Waals surface area (Å²) in [5, 5.41) is 0. The Hall–Kier alpha value is -1.05. The monoisotopic (exact) mass is 368 g/mol. The van der Waals surface area contributed by atoms with Crippen LogP contribution in [-0.2, 0) is 21.2 Å². The highest BCUT2D eigenvalue weighted by Crippen LogP contribution is 2.32. The molecule has 132 valence electrons. The van der Waals surface area contributed by atoms with E-state index in [9.17, 15) is 13.2 Å². The van der Waals surface area contributed by atoms with Crippen molar-refractivity contribution in [1.82, 2.24) is 9.21 Å². The molecule has 2 aliphatic rings. The number of aryl methyl sites for hydroxylation is 1. The van der Waals surface area contributed by atoms with Crippen LogP contribution in [0.4, 0.5) is 0 Å². The van der Waals surface area contributed by atoms with Gasteiger partial charge in [0.1, 0.15) is 0 Å². The van der Waals surface area contributed by atoms with E-state index in [0.29, 0.717) is 43.9 Å². The van der Waals surface area contributed by atoms with E-state index in [4.69, 9.17) is 0 Å². The Balaban J connectivity index is 1.79. The van der Waals surface area contributed by atoms with Crippen molar-refractivity contribution in [2.45, 2.75) is 42.4 Å². The molecule has 0 radical (unpaired) electrons. The zero-order chi connectivity index (χ0) is 17.2. The standard InChI is InChI=1S/C17H24N2O3S2/c1-2-17(20)18-8-4-9-19(11-10-18)24(21,22)15-6-7-16-14(13-15)5-3-12-23-16/h6-7,13H,2-5,8-12H2,1H3. The molecule has 0 aromatic heterocycles. The van der Waals surface area contributed by atoms with E-state index in [1.54, 1.807) is 22.7 Å². The first-order valence-corrected chi connectivity index (χ1v) is 11.0. The molecule has 0 saturated carbocycles. The average molecular weight is 369 g/mol. The van der Waals surface area contributed by atoms with Crippen molar-refractivity contribution in [1.29, 1.82) is 0 Å². The topological polar surface area (TPSA) is 57.7 Å². The van der Waals surface area contributed by atoms with Crippen molar-refractivity contribution in [2.24, 2.45) is 0 Å². The number of sulfonamides is 1. The van der Waals surface area contributed by atoms with Crippen LogP contribution in [0.3, 0.4) is 0 Å². The molecular formula is C17H24N2O3S2. The average Bonchev–Trinajstić information content (AvgIpc) is 2.87. The number of hydrogen-bond donors (Lipinski definition) is 0. The molecule has 2 aliphatic heterocycles. The fourth-order valence-corrected chi connectivity index (χ4v) is 5.79. The highest BCUT2D eigenvalue weighted by atomic mass is 32.2. The Morgan fingerprint density at radius 1 is 1.17 bits per heavy atom. The third-order valence-electron chi connectivity index (χ3n) is 4.63. The Morgan fingerprint density at radius 3 is 2.79 bits per heavy atom. The number of benzene rings is 1. The fourth-order valence-electron chi connectivity index (χ4n) is 3.25. The Bertz CT molecular complexity index is 719. The van der Waals surface area contributed by atoms with Gasteiger partial charge in [0, 0.05) is 37.5 Å². The quantitative estimate of drug-likeness (QED) is 0.822. The molecule has 1 aromatic rings. The first-order chi connectivity index (χ1) is 11.5. The molecule has 0 spiro atoms. The number of amides is 1. The van der Waals surface area contributed by atoms with Gasteiger partial charge in [-0.3, -0.25) is 4.79 Å². The van der Waals surface area contributed by atoms with Crippen molar-refractivity contribution >= 4 is 27.7 Å². The molecule has 1 fully saturated rings. The van der Waals surface area contributed by atoms with Crippen molar-refractivity contribution in [3.05, 3.63) is 23.8 Å². The highest BCUT2D eigenvalue weighted by molar-refractivity contribution is 7.99. The summed E-state index contributed by atoms with van der Waals surface area (Å²) >= 11 is 1.80. The normalized spacial score (nSPS) is 19.6. The second-order valence-electron chi connectivity index (χ2n) is 6.21. The Morgan fingerprint density at radius 2 is 2.00 bits per heavy atom. The van der Waals surface area contributed by atoms with Crippen molar-refractivity contribution in [3.63, 3.8) is 0 Å². The van der Waals surface area contributed by atoms with Gasteiger partial charge in [0.05, 0.1) is 4.90 Å². The predicted octanol–water partition coefficient (Wildman–Crippen LogP) is 2.36. The van der Waals surface area contributed by atoms with Gasteiger partial charge in [-0.1, -0.05) is 6.92 Å². The molecule has 7 heteroatoms. The minimum Gasteiger partial charge on any atom is -0.341 e. The van der Waals surface area contributed by atoms with Crippen LogP contribution in [0.15, 0.2) is 28.0 Å². The second-order valence-corrected chi connectivity index (χ2v) is 9.29. The zero-order valence-electron chi connectivity index (χ0n) is 14.0. The maximum absolute atomic E-state index is 13.0. The number of rotatable bonds is 3. The van der Waals surface area contributed by atoms with E-state index in [-0.39, 0.29) is 5.91 Å². The van der Waals surface area contributed by atoms with Crippen LogP contribution >= 0.6 is 11.8 Å². The second kappa shape index (κ2) is 7.45. The van der Waals surface area contributed by atoms with Crippen molar-refractivity contribution in [2.75, 3.05) is 31.9 Å². The molecule has 1 amide bonds. The summed E-state index contributed by atoms with van der Waals surface area (Å²) < 4.78 is 27.5. The first-order valence-electron chi connectivity index (χ1n) is 8.56. The lowest BCUT2D eigenvalue weighted by Gasteiger charge is -2.23. The third-order valence-corrected chi connectivity index (χ3v) is 7.72. The van der Waals surface area contributed by atoms with E-state index in [1.807, 2.05) is 19.1 Å². The number of hydrogen-bond acceptors (Lipinski definition) is 4. The molecule has 3 rings (SSSR count). The van der Waals surface area contributed by atoms with E-state index in [2.05, 4.69) is 0 Å². The lowest BCUT2D eigenvalue weighted by molar-refractivity contribution is -0.130. The van der Waals surface area contributed by atoms with Crippen LogP contribution in [0.25, 0.3) is 0 Å². The summed E-state index contributed by atoms with van der Waals surface area (Å²) in [5.74, 6) is 1.20. The van der Waals surface area contributed by atoms with Gasteiger partial charge in [0.2, 0.25) is 15.9 Å². The third kappa shape index (κ3) is 3.63. The Labute approximate surface area is 148 Å². The Kier molecular flexibility index (Phi) is 5.52. The maximum Gasteiger partial charge on any atom is 0.243 e. The summed E-state index contributed by atoms with van der Waals surface area (Å²) in [7, 11) is -3.49. The van der Waals surface area contributed by atoms with Crippen LogP contribution < -0.4 is 0 Å². The van der Waals surface area contributed by atoms with Crippen LogP contribution in [0, 0.1) is 0 Å². The summed E-state index contributed by atoms with van der Waals surface area (Å²) in [6.45, 7) is 3.81. The summed E-state index contributed by atoms with van der Waals surface area (Å²) in [6.07, 6.45) is 3.20.